The molecule has 0 saturated heterocycles. The van der Waals surface area contributed by atoms with Crippen LogP contribution in [0.1, 0.15) is 17.2 Å². The third-order valence-electron chi connectivity index (χ3n) is 3.71. The van der Waals surface area contributed by atoms with E-state index in [0.29, 0.717) is 11.3 Å². The Balaban J connectivity index is 1.87. The Labute approximate surface area is 124 Å². The van der Waals surface area contributed by atoms with E-state index < -0.39 is 0 Å². The van der Waals surface area contributed by atoms with Gasteiger partial charge in [0, 0.05) is 10.5 Å². The van der Waals surface area contributed by atoms with Crippen LogP contribution in [0.2, 0.25) is 0 Å². The summed E-state index contributed by atoms with van der Waals surface area (Å²) in [5.74, 6) is 1.01. The Kier molecular flexibility index (Phi) is 3.99. The van der Waals surface area contributed by atoms with E-state index in [1.165, 1.54) is 16.0 Å². The van der Waals surface area contributed by atoms with E-state index in [1.807, 2.05) is 30.9 Å². The summed E-state index contributed by atoms with van der Waals surface area (Å²) in [6.45, 7) is 2.90. The maximum absolute atomic E-state index is 5.92. The first-order chi connectivity index (χ1) is 9.79. The van der Waals surface area contributed by atoms with Crippen LogP contribution < -0.4 is 10.1 Å². The molecule has 1 aliphatic rings. The molecule has 104 valence electrons. The van der Waals surface area contributed by atoms with E-state index in [-0.39, 0.29) is 0 Å². The van der Waals surface area contributed by atoms with Crippen LogP contribution in [-0.2, 0) is 0 Å². The normalized spacial score (nSPS) is 21.1. The fraction of sp³-hybridized carbons (Fsp3) is 0.294. The molecule has 1 aliphatic heterocycles. The van der Waals surface area contributed by atoms with Gasteiger partial charge < -0.3 is 10.1 Å². The van der Waals surface area contributed by atoms with Gasteiger partial charge in [-0.2, -0.15) is 0 Å². The van der Waals surface area contributed by atoms with Crippen LogP contribution in [0.5, 0.6) is 5.75 Å². The number of hydrogen-bond acceptors (Lipinski definition) is 3. The fourth-order valence-electron chi connectivity index (χ4n) is 2.63. The lowest BCUT2D eigenvalue weighted by Crippen LogP contribution is -2.35. The van der Waals surface area contributed by atoms with Gasteiger partial charge in [-0.1, -0.05) is 36.4 Å². The minimum atomic E-state index is 0.324. The predicted molar refractivity (Wildman–Crippen MR) is 84.6 cm³/mol. The second-order valence-corrected chi connectivity index (χ2v) is 6.32. The van der Waals surface area contributed by atoms with Gasteiger partial charge >= 0.3 is 0 Å². The highest BCUT2D eigenvalue weighted by Gasteiger charge is 2.30. The van der Waals surface area contributed by atoms with Crippen molar-refractivity contribution in [1.29, 1.82) is 0 Å². The predicted octanol–water partition coefficient (Wildman–Crippen LogP) is 3.81. The van der Waals surface area contributed by atoms with Crippen molar-refractivity contribution in [2.45, 2.75) is 23.1 Å². The van der Waals surface area contributed by atoms with Crippen molar-refractivity contribution in [3.63, 3.8) is 0 Å². The highest BCUT2D eigenvalue weighted by Crippen LogP contribution is 2.40. The summed E-state index contributed by atoms with van der Waals surface area (Å²) in [7, 11) is 2.03. The first-order valence-electron chi connectivity index (χ1n) is 6.91. The van der Waals surface area contributed by atoms with Crippen LogP contribution in [-0.4, -0.2) is 18.9 Å². The second kappa shape index (κ2) is 5.90. The van der Waals surface area contributed by atoms with Gasteiger partial charge in [0.2, 0.25) is 0 Å². The zero-order valence-corrected chi connectivity index (χ0v) is 12.6. The molecule has 0 spiro atoms. The molecule has 0 aliphatic carbocycles. The maximum Gasteiger partial charge on any atom is 0.124 e. The molecule has 2 unspecified atom stereocenters. The Bertz CT molecular complexity index is 599. The number of ether oxygens (including phenoxy) is 1. The molecular weight excluding hydrogens is 266 g/mol. The summed E-state index contributed by atoms with van der Waals surface area (Å²) in [5, 5.41) is 3.83. The molecule has 2 nitrogen and oxygen atoms in total. The van der Waals surface area contributed by atoms with Gasteiger partial charge in [-0.25, -0.2) is 0 Å². The second-order valence-electron chi connectivity index (χ2n) is 5.04. The number of rotatable bonds is 3. The molecule has 3 rings (SSSR count). The topological polar surface area (TPSA) is 21.3 Å². The number of aryl methyl sites for hydroxylation is 1. The highest BCUT2D eigenvalue weighted by atomic mass is 32.2. The number of fused-ring (bicyclic) bond motifs is 1. The number of nitrogens with one attached hydrogen (secondary N) is 1. The average molecular weight is 285 g/mol. The zero-order chi connectivity index (χ0) is 13.9. The van der Waals surface area contributed by atoms with Crippen molar-refractivity contribution in [2.75, 3.05) is 13.7 Å². The van der Waals surface area contributed by atoms with Crippen LogP contribution in [0.3, 0.4) is 0 Å². The van der Waals surface area contributed by atoms with Gasteiger partial charge in [-0.3, -0.25) is 0 Å². The SMILES string of the molecule is CNC1c2ccccc2OCC1Sc1ccccc1C. The van der Waals surface area contributed by atoms with Crippen molar-refractivity contribution >= 4 is 11.8 Å². The fourth-order valence-corrected chi connectivity index (χ4v) is 3.92. The van der Waals surface area contributed by atoms with Gasteiger partial charge in [0.05, 0.1) is 11.3 Å². The summed E-state index contributed by atoms with van der Waals surface area (Å²) in [4.78, 5) is 1.33. The van der Waals surface area contributed by atoms with Crippen molar-refractivity contribution in [3.8, 4) is 5.75 Å². The van der Waals surface area contributed by atoms with Crippen LogP contribution in [0.4, 0.5) is 0 Å². The van der Waals surface area contributed by atoms with Gasteiger partial charge in [-0.05, 0) is 31.7 Å². The standard InChI is InChI=1S/C17H19NOS/c1-12-7-3-6-10-15(12)20-16-11-19-14-9-5-4-8-13(14)17(16)18-2/h3-10,16-18H,11H2,1-2H3. The van der Waals surface area contributed by atoms with E-state index in [9.17, 15) is 0 Å². The molecule has 1 heterocycles. The summed E-state index contributed by atoms with van der Waals surface area (Å²) in [6.07, 6.45) is 0. The minimum Gasteiger partial charge on any atom is -0.492 e. The molecule has 2 atom stereocenters. The summed E-state index contributed by atoms with van der Waals surface area (Å²) < 4.78 is 5.92. The van der Waals surface area contributed by atoms with Crippen molar-refractivity contribution < 1.29 is 4.74 Å². The van der Waals surface area contributed by atoms with Gasteiger partial charge in [0.15, 0.2) is 0 Å². The van der Waals surface area contributed by atoms with Gasteiger partial charge in [0.25, 0.3) is 0 Å². The monoisotopic (exact) mass is 285 g/mol. The molecule has 0 aromatic heterocycles. The number of benzene rings is 2. The van der Waals surface area contributed by atoms with Crippen LogP contribution in [0, 0.1) is 6.92 Å². The highest BCUT2D eigenvalue weighted by molar-refractivity contribution is 8.00. The molecule has 0 radical (unpaired) electrons. The molecular formula is C17H19NOS. The Hall–Kier alpha value is -1.45. The number of hydrogen-bond donors (Lipinski definition) is 1. The zero-order valence-electron chi connectivity index (χ0n) is 11.8. The molecule has 3 heteroatoms. The first kappa shape index (κ1) is 13.5. The largest absolute Gasteiger partial charge is 0.492 e. The maximum atomic E-state index is 5.92. The Morgan fingerprint density at radius 3 is 2.65 bits per heavy atom. The van der Waals surface area contributed by atoms with Crippen molar-refractivity contribution in [2.24, 2.45) is 0 Å². The number of thioether (sulfide) groups is 1. The molecule has 0 fully saturated rings. The summed E-state index contributed by atoms with van der Waals surface area (Å²) >= 11 is 1.90. The van der Waals surface area contributed by atoms with E-state index >= 15 is 0 Å². The molecule has 1 N–H and O–H groups in total. The lowest BCUT2D eigenvalue weighted by molar-refractivity contribution is 0.265. The van der Waals surface area contributed by atoms with E-state index in [1.54, 1.807) is 0 Å². The molecule has 2 aromatic carbocycles. The summed E-state index contributed by atoms with van der Waals surface area (Å²) in [5.41, 5.74) is 2.58. The Morgan fingerprint density at radius 1 is 1.10 bits per heavy atom. The third kappa shape index (κ3) is 2.56. The van der Waals surface area contributed by atoms with E-state index in [4.69, 9.17) is 4.74 Å². The smallest absolute Gasteiger partial charge is 0.124 e. The molecule has 2 aromatic rings. The molecule has 20 heavy (non-hydrogen) atoms. The van der Waals surface area contributed by atoms with Gasteiger partial charge in [-0.15, -0.1) is 11.8 Å². The number of para-hydroxylation sites is 1. The lowest BCUT2D eigenvalue weighted by atomic mass is 10.0. The third-order valence-corrected chi connectivity index (χ3v) is 5.13. The summed E-state index contributed by atoms with van der Waals surface area (Å²) in [6, 6.07) is 17.2. The van der Waals surface area contributed by atoms with Crippen molar-refractivity contribution in [3.05, 3.63) is 59.7 Å². The first-order valence-corrected chi connectivity index (χ1v) is 7.79. The minimum absolute atomic E-state index is 0.324. The van der Waals surface area contributed by atoms with Crippen molar-refractivity contribution in [1.82, 2.24) is 5.32 Å². The quantitative estimate of drug-likeness (QED) is 0.926. The Morgan fingerprint density at radius 2 is 1.85 bits per heavy atom. The molecule has 0 bridgehead atoms. The molecule has 0 saturated carbocycles. The molecule has 0 amide bonds. The van der Waals surface area contributed by atoms with Crippen LogP contribution in [0.15, 0.2) is 53.4 Å². The lowest BCUT2D eigenvalue weighted by Gasteiger charge is -2.33. The average Bonchev–Trinajstić information content (AvgIpc) is 2.49. The van der Waals surface area contributed by atoms with E-state index in [0.717, 1.165) is 12.4 Å². The van der Waals surface area contributed by atoms with E-state index in [2.05, 4.69) is 48.6 Å². The van der Waals surface area contributed by atoms with Crippen LogP contribution in [0.25, 0.3) is 0 Å². The van der Waals surface area contributed by atoms with Crippen LogP contribution >= 0.6 is 11.8 Å². The van der Waals surface area contributed by atoms with Gasteiger partial charge in [0.1, 0.15) is 12.4 Å².